The summed E-state index contributed by atoms with van der Waals surface area (Å²) in [6, 6.07) is 11.4. The van der Waals surface area contributed by atoms with Crippen LogP contribution in [0.3, 0.4) is 0 Å². The fraction of sp³-hybridized carbons (Fsp3) is 0.350. The monoisotopic (exact) mass is 401 g/mol. The minimum absolute atomic E-state index is 0.0291. The van der Waals surface area contributed by atoms with Crippen LogP contribution in [0.1, 0.15) is 11.1 Å². The Hall–Kier alpha value is -1.99. The maximum absolute atomic E-state index is 12.3. The van der Waals surface area contributed by atoms with E-state index in [0.29, 0.717) is 12.2 Å². The first-order valence-electron chi connectivity index (χ1n) is 8.92. The van der Waals surface area contributed by atoms with Gasteiger partial charge in [-0.3, -0.25) is 14.6 Å². The largest absolute Gasteiger partial charge is 0.341 e. The van der Waals surface area contributed by atoms with Crippen LogP contribution in [0.25, 0.3) is 0 Å². The highest BCUT2D eigenvalue weighted by atomic mass is 32.2. The van der Waals surface area contributed by atoms with E-state index in [0.717, 1.165) is 47.2 Å². The summed E-state index contributed by atoms with van der Waals surface area (Å²) >= 11 is 3.45. The van der Waals surface area contributed by atoms with E-state index in [-0.39, 0.29) is 11.8 Å². The third-order valence-corrected chi connectivity index (χ3v) is 6.13. The lowest BCUT2D eigenvalue weighted by atomic mass is 10.1. The molecule has 0 saturated carbocycles. The zero-order valence-corrected chi connectivity index (χ0v) is 16.7. The number of hydrogen-bond acceptors (Lipinski definition) is 5. The summed E-state index contributed by atoms with van der Waals surface area (Å²) in [7, 11) is 0. The molecule has 1 aromatic heterocycles. The molecule has 1 N–H and O–H groups in total. The van der Waals surface area contributed by atoms with Gasteiger partial charge in [0.05, 0.1) is 12.2 Å². The number of benzene rings is 1. The zero-order valence-electron chi connectivity index (χ0n) is 15.1. The highest BCUT2D eigenvalue weighted by molar-refractivity contribution is 7.99. The molecule has 142 valence electrons. The van der Waals surface area contributed by atoms with Gasteiger partial charge in [0.1, 0.15) is 0 Å². The summed E-state index contributed by atoms with van der Waals surface area (Å²) in [5, 5.41) is 2.90. The molecular formula is C20H23N3O2S2. The Bertz CT molecular complexity index is 748. The molecule has 1 aromatic carbocycles. The van der Waals surface area contributed by atoms with Gasteiger partial charge in [-0.2, -0.15) is 11.8 Å². The molecule has 0 bridgehead atoms. The first kappa shape index (κ1) is 19.8. The lowest BCUT2D eigenvalue weighted by molar-refractivity contribution is -0.130. The maximum Gasteiger partial charge on any atom is 0.234 e. The number of rotatable bonds is 7. The lowest BCUT2D eigenvalue weighted by Gasteiger charge is -2.26. The normalized spacial score (nSPS) is 14.0. The van der Waals surface area contributed by atoms with Gasteiger partial charge in [0.25, 0.3) is 0 Å². The second-order valence-electron chi connectivity index (χ2n) is 6.27. The molecule has 2 aromatic rings. The summed E-state index contributed by atoms with van der Waals surface area (Å²) in [5.41, 5.74) is 2.84. The van der Waals surface area contributed by atoms with Gasteiger partial charge in [0, 0.05) is 48.4 Å². The molecule has 0 unspecified atom stereocenters. The number of nitrogens with zero attached hydrogens (tertiary/aromatic N) is 2. The molecule has 0 aliphatic carbocycles. The van der Waals surface area contributed by atoms with Gasteiger partial charge in [-0.15, -0.1) is 11.8 Å². The van der Waals surface area contributed by atoms with E-state index in [4.69, 9.17) is 0 Å². The number of pyridine rings is 1. The van der Waals surface area contributed by atoms with Crippen LogP contribution in [0.15, 0.2) is 48.8 Å². The Labute approximate surface area is 168 Å². The van der Waals surface area contributed by atoms with E-state index in [1.54, 1.807) is 18.0 Å². The predicted molar refractivity (Wildman–Crippen MR) is 113 cm³/mol. The van der Waals surface area contributed by atoms with Gasteiger partial charge in [0.15, 0.2) is 0 Å². The van der Waals surface area contributed by atoms with Crippen LogP contribution in [-0.4, -0.2) is 52.0 Å². The van der Waals surface area contributed by atoms with Crippen LogP contribution in [0, 0.1) is 0 Å². The van der Waals surface area contributed by atoms with Gasteiger partial charge < -0.3 is 10.2 Å². The molecule has 1 fully saturated rings. The second-order valence-corrected chi connectivity index (χ2v) is 8.48. The number of anilines is 1. The van der Waals surface area contributed by atoms with E-state index in [9.17, 15) is 9.59 Å². The van der Waals surface area contributed by atoms with Crippen molar-refractivity contribution >= 4 is 41.0 Å². The molecule has 1 aliphatic heterocycles. The van der Waals surface area contributed by atoms with Crippen LogP contribution < -0.4 is 5.32 Å². The smallest absolute Gasteiger partial charge is 0.234 e. The van der Waals surface area contributed by atoms with Crippen molar-refractivity contribution in [2.45, 2.75) is 12.2 Å². The van der Waals surface area contributed by atoms with Crippen molar-refractivity contribution < 1.29 is 9.59 Å². The standard InChI is InChI=1S/C20H23N3O2S2/c24-19(15-27-14-17-2-1-7-21-13-17)22-18-5-3-16(4-6-18)12-20(25)23-8-10-26-11-9-23/h1-7,13H,8-12,14-15H2,(H,22,24). The van der Waals surface area contributed by atoms with E-state index >= 15 is 0 Å². The number of nitrogens with one attached hydrogen (secondary N) is 1. The van der Waals surface area contributed by atoms with Crippen molar-refractivity contribution in [1.29, 1.82) is 0 Å². The number of thioether (sulfide) groups is 2. The first-order chi connectivity index (χ1) is 13.2. The molecule has 2 amide bonds. The van der Waals surface area contributed by atoms with Gasteiger partial charge >= 0.3 is 0 Å². The molecule has 5 nitrogen and oxygen atoms in total. The van der Waals surface area contributed by atoms with Crippen LogP contribution >= 0.6 is 23.5 Å². The highest BCUT2D eigenvalue weighted by Crippen LogP contribution is 2.15. The zero-order chi connectivity index (χ0) is 18.9. The molecule has 0 spiro atoms. The third-order valence-electron chi connectivity index (χ3n) is 4.18. The van der Waals surface area contributed by atoms with Gasteiger partial charge in [0.2, 0.25) is 11.8 Å². The average molecular weight is 402 g/mol. The summed E-state index contributed by atoms with van der Waals surface area (Å²) in [4.78, 5) is 30.4. The van der Waals surface area contributed by atoms with Crippen LogP contribution in [0.5, 0.6) is 0 Å². The average Bonchev–Trinajstić information content (AvgIpc) is 2.71. The Kier molecular flexibility index (Phi) is 7.59. The molecule has 1 saturated heterocycles. The van der Waals surface area contributed by atoms with E-state index in [1.807, 2.05) is 59.3 Å². The third kappa shape index (κ3) is 6.59. The van der Waals surface area contributed by atoms with Crippen LogP contribution in [-0.2, 0) is 21.8 Å². The molecule has 27 heavy (non-hydrogen) atoms. The number of amides is 2. The number of aromatic nitrogens is 1. The Morgan fingerprint density at radius 1 is 1.11 bits per heavy atom. The van der Waals surface area contributed by atoms with E-state index in [2.05, 4.69) is 10.3 Å². The van der Waals surface area contributed by atoms with Crippen molar-refractivity contribution in [2.75, 3.05) is 35.7 Å². The van der Waals surface area contributed by atoms with E-state index in [1.165, 1.54) is 0 Å². The summed E-state index contributed by atoms with van der Waals surface area (Å²) in [5.74, 6) is 3.35. The minimum atomic E-state index is -0.0291. The topological polar surface area (TPSA) is 62.3 Å². The van der Waals surface area contributed by atoms with Crippen molar-refractivity contribution in [1.82, 2.24) is 9.88 Å². The Morgan fingerprint density at radius 3 is 2.59 bits per heavy atom. The Balaban J connectivity index is 1.41. The fourth-order valence-corrected chi connectivity index (χ4v) is 4.42. The molecule has 2 heterocycles. The van der Waals surface area contributed by atoms with Crippen LogP contribution in [0.2, 0.25) is 0 Å². The van der Waals surface area contributed by atoms with Crippen molar-refractivity contribution in [3.63, 3.8) is 0 Å². The minimum Gasteiger partial charge on any atom is -0.341 e. The molecule has 0 radical (unpaired) electrons. The second kappa shape index (κ2) is 10.4. The molecular weight excluding hydrogens is 378 g/mol. The first-order valence-corrected chi connectivity index (χ1v) is 11.2. The summed E-state index contributed by atoms with van der Waals surface area (Å²) < 4.78 is 0. The SMILES string of the molecule is O=C(CSCc1cccnc1)Nc1ccc(CC(=O)N2CCSCC2)cc1. The summed E-state index contributed by atoms with van der Waals surface area (Å²) in [6.07, 6.45) is 3.97. The summed E-state index contributed by atoms with van der Waals surface area (Å²) in [6.45, 7) is 1.68. The predicted octanol–water partition coefficient (Wildman–Crippen LogP) is 3.07. The molecule has 0 atom stereocenters. The van der Waals surface area contributed by atoms with Crippen molar-refractivity contribution in [3.05, 3.63) is 59.9 Å². The molecule has 1 aliphatic rings. The highest BCUT2D eigenvalue weighted by Gasteiger charge is 2.16. The Morgan fingerprint density at radius 2 is 1.89 bits per heavy atom. The van der Waals surface area contributed by atoms with Crippen molar-refractivity contribution in [3.8, 4) is 0 Å². The lowest BCUT2D eigenvalue weighted by Crippen LogP contribution is -2.38. The fourth-order valence-electron chi connectivity index (χ4n) is 2.75. The van der Waals surface area contributed by atoms with Gasteiger partial charge in [-0.1, -0.05) is 18.2 Å². The van der Waals surface area contributed by atoms with Crippen molar-refractivity contribution in [2.24, 2.45) is 0 Å². The molecule has 3 rings (SSSR count). The van der Waals surface area contributed by atoms with Crippen LogP contribution in [0.4, 0.5) is 5.69 Å². The maximum atomic E-state index is 12.3. The number of hydrogen-bond donors (Lipinski definition) is 1. The van der Waals surface area contributed by atoms with Gasteiger partial charge in [-0.25, -0.2) is 0 Å². The van der Waals surface area contributed by atoms with E-state index < -0.39 is 0 Å². The van der Waals surface area contributed by atoms with Gasteiger partial charge in [-0.05, 0) is 29.3 Å². The number of carbonyl (C=O) groups excluding carboxylic acids is 2. The number of carbonyl (C=O) groups is 2. The quantitative estimate of drug-likeness (QED) is 0.773. The molecule has 7 heteroatoms.